The number of ether oxygens (including phenoxy) is 1. The lowest BCUT2D eigenvalue weighted by Gasteiger charge is -2.43. The van der Waals surface area contributed by atoms with E-state index in [9.17, 15) is 0 Å². The first kappa shape index (κ1) is 13.4. The average Bonchev–Trinajstić information content (AvgIpc) is 2.27. The lowest BCUT2D eigenvalue weighted by molar-refractivity contribution is 0.148. The Balaban J connectivity index is 2.43. The molecule has 0 aromatic heterocycles. The summed E-state index contributed by atoms with van der Waals surface area (Å²) in [6.45, 7) is 6.74. The van der Waals surface area contributed by atoms with Gasteiger partial charge in [0.1, 0.15) is 5.75 Å². The number of hydrogen-bond donors (Lipinski definition) is 1. The van der Waals surface area contributed by atoms with Gasteiger partial charge >= 0.3 is 0 Å². The first-order valence-electron chi connectivity index (χ1n) is 6.80. The van der Waals surface area contributed by atoms with Crippen LogP contribution in [-0.4, -0.2) is 7.11 Å². The monoisotopic (exact) mass is 247 g/mol. The molecule has 1 saturated carbocycles. The summed E-state index contributed by atoms with van der Waals surface area (Å²) in [5.74, 6) is 0.931. The molecule has 1 atom stereocenters. The van der Waals surface area contributed by atoms with Crippen LogP contribution in [0, 0.1) is 12.3 Å². The van der Waals surface area contributed by atoms with Gasteiger partial charge in [0.2, 0.25) is 0 Å². The van der Waals surface area contributed by atoms with E-state index in [4.69, 9.17) is 10.5 Å². The topological polar surface area (TPSA) is 35.2 Å². The van der Waals surface area contributed by atoms with E-state index in [0.29, 0.717) is 5.41 Å². The highest BCUT2D eigenvalue weighted by Crippen LogP contribution is 2.47. The molecule has 1 aromatic carbocycles. The molecule has 0 saturated heterocycles. The fraction of sp³-hybridized carbons (Fsp3) is 0.625. The van der Waals surface area contributed by atoms with Crippen molar-refractivity contribution in [1.82, 2.24) is 0 Å². The fourth-order valence-corrected chi connectivity index (χ4v) is 3.35. The van der Waals surface area contributed by atoms with Crippen molar-refractivity contribution in [2.24, 2.45) is 11.1 Å². The van der Waals surface area contributed by atoms with Crippen LogP contribution in [0.4, 0.5) is 0 Å². The average molecular weight is 247 g/mol. The van der Waals surface area contributed by atoms with Gasteiger partial charge in [-0.2, -0.15) is 0 Å². The number of nitrogens with two attached hydrogens (primary N) is 1. The summed E-state index contributed by atoms with van der Waals surface area (Å²) in [6.07, 6.45) is 4.54. The molecule has 1 fully saturated rings. The van der Waals surface area contributed by atoms with E-state index in [1.807, 2.05) is 6.07 Å². The van der Waals surface area contributed by atoms with E-state index in [1.54, 1.807) is 7.11 Å². The number of rotatable bonds is 2. The second-order valence-corrected chi connectivity index (χ2v) is 6.55. The normalized spacial score (nSPS) is 26.9. The SMILES string of the molecule is COc1ccc(C)cc1C1(N)CCCC(C)(C)C1. The summed E-state index contributed by atoms with van der Waals surface area (Å²) < 4.78 is 5.51. The molecule has 2 heteroatoms. The van der Waals surface area contributed by atoms with Gasteiger partial charge in [0.25, 0.3) is 0 Å². The standard InChI is InChI=1S/C16H25NO/c1-12-6-7-14(18-4)13(10-12)16(17)9-5-8-15(2,3)11-16/h6-7,10H,5,8-9,11,17H2,1-4H3. The summed E-state index contributed by atoms with van der Waals surface area (Å²) in [4.78, 5) is 0. The van der Waals surface area contributed by atoms with Crippen LogP contribution in [0.1, 0.15) is 50.7 Å². The zero-order valence-corrected chi connectivity index (χ0v) is 12.0. The van der Waals surface area contributed by atoms with Gasteiger partial charge in [0.15, 0.2) is 0 Å². The van der Waals surface area contributed by atoms with Crippen molar-refractivity contribution in [2.45, 2.75) is 52.0 Å². The van der Waals surface area contributed by atoms with E-state index in [2.05, 4.69) is 32.9 Å². The van der Waals surface area contributed by atoms with Crippen molar-refractivity contribution in [3.8, 4) is 5.75 Å². The van der Waals surface area contributed by atoms with Crippen LogP contribution in [0.5, 0.6) is 5.75 Å². The third kappa shape index (κ3) is 2.54. The van der Waals surface area contributed by atoms with Crippen LogP contribution >= 0.6 is 0 Å². The van der Waals surface area contributed by atoms with Crippen molar-refractivity contribution in [1.29, 1.82) is 0 Å². The lowest BCUT2D eigenvalue weighted by Crippen LogP contribution is -2.44. The molecule has 0 amide bonds. The minimum Gasteiger partial charge on any atom is -0.496 e. The lowest BCUT2D eigenvalue weighted by atomic mass is 9.66. The maximum Gasteiger partial charge on any atom is 0.123 e. The Hall–Kier alpha value is -1.02. The molecule has 1 aliphatic rings. The minimum absolute atomic E-state index is 0.237. The molecule has 0 spiro atoms. The highest BCUT2D eigenvalue weighted by atomic mass is 16.5. The third-order valence-electron chi connectivity index (χ3n) is 4.16. The van der Waals surface area contributed by atoms with Crippen LogP contribution in [0.2, 0.25) is 0 Å². The van der Waals surface area contributed by atoms with E-state index in [1.165, 1.54) is 24.0 Å². The summed E-state index contributed by atoms with van der Waals surface area (Å²) in [7, 11) is 1.73. The van der Waals surface area contributed by atoms with Gasteiger partial charge in [0, 0.05) is 11.1 Å². The maximum atomic E-state index is 6.72. The second-order valence-electron chi connectivity index (χ2n) is 6.55. The van der Waals surface area contributed by atoms with Crippen LogP contribution in [0.15, 0.2) is 18.2 Å². The molecule has 0 heterocycles. The van der Waals surface area contributed by atoms with E-state index < -0.39 is 0 Å². The highest BCUT2D eigenvalue weighted by molar-refractivity contribution is 5.42. The third-order valence-corrected chi connectivity index (χ3v) is 4.16. The van der Waals surface area contributed by atoms with Crippen molar-refractivity contribution >= 4 is 0 Å². The number of aryl methyl sites for hydroxylation is 1. The molecule has 1 aliphatic carbocycles. The van der Waals surface area contributed by atoms with Gasteiger partial charge in [-0.05, 0) is 37.7 Å². The molecule has 0 aliphatic heterocycles. The predicted octanol–water partition coefficient (Wildman–Crippen LogP) is 3.76. The van der Waals surface area contributed by atoms with Crippen molar-refractivity contribution in [3.05, 3.63) is 29.3 Å². The second kappa shape index (κ2) is 4.58. The molecular formula is C16H25NO. The molecule has 18 heavy (non-hydrogen) atoms. The van der Waals surface area contributed by atoms with Gasteiger partial charge in [-0.15, -0.1) is 0 Å². The van der Waals surface area contributed by atoms with E-state index in [-0.39, 0.29) is 5.54 Å². The predicted molar refractivity (Wildman–Crippen MR) is 75.8 cm³/mol. The molecule has 100 valence electrons. The summed E-state index contributed by atoms with van der Waals surface area (Å²) >= 11 is 0. The van der Waals surface area contributed by atoms with Crippen LogP contribution in [0.25, 0.3) is 0 Å². The Morgan fingerprint density at radius 2 is 1.94 bits per heavy atom. The zero-order valence-electron chi connectivity index (χ0n) is 12.0. The molecule has 2 rings (SSSR count). The summed E-state index contributed by atoms with van der Waals surface area (Å²) in [5, 5.41) is 0. The molecule has 1 aromatic rings. The van der Waals surface area contributed by atoms with Gasteiger partial charge in [-0.3, -0.25) is 0 Å². The summed E-state index contributed by atoms with van der Waals surface area (Å²) in [6, 6.07) is 6.32. The maximum absolute atomic E-state index is 6.72. The van der Waals surface area contributed by atoms with Gasteiger partial charge < -0.3 is 10.5 Å². The van der Waals surface area contributed by atoms with Crippen molar-refractivity contribution in [2.75, 3.05) is 7.11 Å². The molecule has 2 nitrogen and oxygen atoms in total. The Labute approximate surface area is 111 Å². The number of hydrogen-bond acceptors (Lipinski definition) is 2. The Morgan fingerprint density at radius 3 is 2.56 bits per heavy atom. The Bertz CT molecular complexity index is 439. The first-order chi connectivity index (χ1) is 8.36. The first-order valence-corrected chi connectivity index (χ1v) is 6.80. The van der Waals surface area contributed by atoms with E-state index >= 15 is 0 Å². The quantitative estimate of drug-likeness (QED) is 0.863. The Kier molecular flexibility index (Phi) is 3.41. The smallest absolute Gasteiger partial charge is 0.123 e. The number of benzene rings is 1. The fourth-order valence-electron chi connectivity index (χ4n) is 3.35. The van der Waals surface area contributed by atoms with Gasteiger partial charge in [-0.1, -0.05) is 38.0 Å². The molecule has 0 radical (unpaired) electrons. The largest absolute Gasteiger partial charge is 0.496 e. The zero-order chi connectivity index (χ0) is 13.4. The minimum atomic E-state index is -0.237. The molecular weight excluding hydrogens is 222 g/mol. The molecule has 2 N–H and O–H groups in total. The molecule has 0 bridgehead atoms. The van der Waals surface area contributed by atoms with Crippen LogP contribution in [0.3, 0.4) is 0 Å². The number of methoxy groups -OCH3 is 1. The van der Waals surface area contributed by atoms with Crippen molar-refractivity contribution in [3.63, 3.8) is 0 Å². The summed E-state index contributed by atoms with van der Waals surface area (Å²) in [5.41, 5.74) is 9.23. The van der Waals surface area contributed by atoms with Crippen LogP contribution in [-0.2, 0) is 5.54 Å². The van der Waals surface area contributed by atoms with Crippen LogP contribution < -0.4 is 10.5 Å². The highest BCUT2D eigenvalue weighted by Gasteiger charge is 2.39. The van der Waals surface area contributed by atoms with Gasteiger partial charge in [-0.25, -0.2) is 0 Å². The van der Waals surface area contributed by atoms with Gasteiger partial charge in [0.05, 0.1) is 7.11 Å². The van der Waals surface area contributed by atoms with E-state index in [0.717, 1.165) is 18.6 Å². The van der Waals surface area contributed by atoms with Crippen molar-refractivity contribution < 1.29 is 4.74 Å². The molecule has 1 unspecified atom stereocenters. The Morgan fingerprint density at radius 1 is 1.22 bits per heavy atom.